The Morgan fingerprint density at radius 2 is 2.20 bits per heavy atom. The molecule has 0 saturated heterocycles. The van der Waals surface area contributed by atoms with Crippen LogP contribution in [0.1, 0.15) is 0 Å². The molecule has 5 heavy (non-hydrogen) atoms. The van der Waals surface area contributed by atoms with Gasteiger partial charge in [0.15, 0.2) is 0 Å². The average molecular weight is 94.1 g/mol. The lowest BCUT2D eigenvalue weighted by Crippen LogP contribution is -1.99. The molecule has 0 aliphatic carbocycles. The molecule has 3 heteroatoms. The molecule has 0 spiro atoms. The maximum atomic E-state index is 9.67. The first kappa shape index (κ1) is 5.27. The molecule has 0 rings (SSSR count). The van der Waals surface area contributed by atoms with Crippen molar-refractivity contribution in [2.24, 2.45) is 0 Å². The first-order valence-electron chi connectivity index (χ1n) is 1.18. The number of hydrogen-bond donors (Lipinski definition) is 1. The highest BCUT2D eigenvalue weighted by Crippen LogP contribution is 1.71. The van der Waals surface area contributed by atoms with Gasteiger partial charge in [0.05, 0.1) is 6.26 Å². The van der Waals surface area contributed by atoms with E-state index in [0.717, 1.165) is 0 Å². The maximum Gasteiger partial charge on any atom is 0.202 e. The van der Waals surface area contributed by atoms with Gasteiger partial charge in [-0.05, 0) is 11.2 Å². The van der Waals surface area contributed by atoms with E-state index in [0.29, 0.717) is 0 Å². The van der Waals surface area contributed by atoms with Gasteiger partial charge < -0.3 is 9.66 Å². The van der Waals surface area contributed by atoms with Crippen molar-refractivity contribution < 1.29 is 9.66 Å². The predicted molar refractivity (Wildman–Crippen MR) is 21.2 cm³/mol. The molecule has 1 N–H and O–H groups in total. The smallest absolute Gasteiger partial charge is 0.202 e. The fourth-order valence-electron chi connectivity index (χ4n) is 0. The van der Waals surface area contributed by atoms with Crippen LogP contribution in [0, 0.1) is 0 Å². The van der Waals surface area contributed by atoms with Crippen LogP contribution in [0.5, 0.6) is 0 Å². The van der Waals surface area contributed by atoms with Crippen molar-refractivity contribution in [3.8, 4) is 0 Å². The summed E-state index contributed by atoms with van der Waals surface area (Å²) >= 11 is -1.02. The summed E-state index contributed by atoms with van der Waals surface area (Å²) in [4.78, 5) is 0. The Hall–Kier alpha value is 0.270. The molecule has 0 aromatic carbocycles. The summed E-state index contributed by atoms with van der Waals surface area (Å²) < 4.78 is 9.67. The molecule has 0 aliphatic heterocycles. The molecule has 0 radical (unpaired) electrons. The Bertz CT molecular complexity index is 21.6. The molecule has 0 saturated carbocycles. The number of aliphatic hydroxyl groups excluding tert-OH is 1. The molecular weight excluding hydrogens is 88.1 g/mol. The third-order valence-corrected chi connectivity index (χ3v) is 0.545. The average Bonchev–Trinajstić information content (AvgIpc) is 1.38. The minimum absolute atomic E-state index is 0.222. The van der Waals surface area contributed by atoms with Crippen LogP contribution in [0.3, 0.4) is 0 Å². The van der Waals surface area contributed by atoms with Gasteiger partial charge in [-0.15, -0.1) is 0 Å². The summed E-state index contributed by atoms with van der Waals surface area (Å²) in [6.07, 6.45) is 1.44. The molecule has 0 unspecified atom stereocenters. The zero-order valence-corrected chi connectivity index (χ0v) is 3.79. The van der Waals surface area contributed by atoms with Crippen LogP contribution >= 0.6 is 0 Å². The fourth-order valence-corrected chi connectivity index (χ4v) is 0. The van der Waals surface area contributed by atoms with E-state index in [1.165, 1.54) is 6.26 Å². The van der Waals surface area contributed by atoms with Gasteiger partial charge in [0.1, 0.15) is 0 Å². The largest absolute Gasteiger partial charge is 0.615 e. The fraction of sp³-hybridized carbons (Fsp3) is 1.00. The summed E-state index contributed by atoms with van der Waals surface area (Å²) in [5, 5.41) is 7.84. The van der Waals surface area contributed by atoms with E-state index in [2.05, 4.69) is 0 Å². The van der Waals surface area contributed by atoms with Gasteiger partial charge in [-0.3, -0.25) is 0 Å². The third kappa shape index (κ3) is 4.27. The first-order valence-corrected chi connectivity index (χ1v) is 2.91. The van der Waals surface area contributed by atoms with Gasteiger partial charge in [-0.2, -0.15) is 0 Å². The molecule has 0 amide bonds. The van der Waals surface area contributed by atoms with Crippen LogP contribution in [-0.4, -0.2) is 21.9 Å². The molecule has 0 aromatic rings. The molecule has 32 valence electrons. The minimum atomic E-state index is -1.02. The lowest BCUT2D eigenvalue weighted by Gasteiger charge is -1.94. The minimum Gasteiger partial charge on any atom is -0.615 e. The van der Waals surface area contributed by atoms with Gasteiger partial charge in [0.25, 0.3) is 0 Å². The van der Waals surface area contributed by atoms with Gasteiger partial charge >= 0.3 is 0 Å². The van der Waals surface area contributed by atoms with Crippen molar-refractivity contribution in [3.05, 3.63) is 0 Å². The van der Waals surface area contributed by atoms with Gasteiger partial charge in [-0.25, -0.2) is 0 Å². The number of hydrogen-bond acceptors (Lipinski definition) is 2. The first-order chi connectivity index (χ1) is 2.27. The Balaban J connectivity index is 2.54. The normalized spacial score (nSPS) is 15.0. The van der Waals surface area contributed by atoms with Crippen molar-refractivity contribution in [1.29, 1.82) is 0 Å². The standard InChI is InChI=1S/C2H6O2S/c1-5(4)2-3/h3H,2H2,1H3/t5-/m1/s1. The highest BCUT2D eigenvalue weighted by Gasteiger charge is 1.82. The zero-order chi connectivity index (χ0) is 4.28. The van der Waals surface area contributed by atoms with Gasteiger partial charge in [0, 0.05) is 0 Å². The lowest BCUT2D eigenvalue weighted by molar-refractivity contribution is 0.360. The summed E-state index contributed by atoms with van der Waals surface area (Å²) in [5.74, 6) is -0.222. The van der Waals surface area contributed by atoms with E-state index in [9.17, 15) is 4.55 Å². The van der Waals surface area contributed by atoms with Crippen LogP contribution in [0.2, 0.25) is 0 Å². The second-order valence-electron chi connectivity index (χ2n) is 0.702. The van der Waals surface area contributed by atoms with E-state index in [1.54, 1.807) is 0 Å². The number of aliphatic hydroxyl groups is 1. The topological polar surface area (TPSA) is 43.3 Å². The molecule has 2 nitrogen and oxygen atoms in total. The van der Waals surface area contributed by atoms with Crippen molar-refractivity contribution in [2.75, 3.05) is 12.2 Å². The Morgan fingerprint density at radius 3 is 2.20 bits per heavy atom. The Kier molecular flexibility index (Phi) is 2.64. The van der Waals surface area contributed by atoms with Gasteiger partial charge in [-0.1, -0.05) is 0 Å². The SMILES string of the molecule is C[S@@+]([O-])CO. The second-order valence-corrected chi connectivity index (χ2v) is 2.11. The van der Waals surface area contributed by atoms with Crippen molar-refractivity contribution in [1.82, 2.24) is 0 Å². The summed E-state index contributed by atoms with van der Waals surface area (Å²) in [5.41, 5.74) is 0. The molecular formula is C2H6O2S. The quantitative estimate of drug-likeness (QED) is 0.437. The van der Waals surface area contributed by atoms with Crippen molar-refractivity contribution in [2.45, 2.75) is 0 Å². The Labute approximate surface area is 34.0 Å². The van der Waals surface area contributed by atoms with Crippen molar-refractivity contribution >= 4 is 11.2 Å². The number of rotatable bonds is 1. The highest BCUT2D eigenvalue weighted by atomic mass is 32.2. The zero-order valence-electron chi connectivity index (χ0n) is 2.97. The molecule has 1 atom stereocenters. The summed E-state index contributed by atoms with van der Waals surface area (Å²) in [7, 11) is 0. The molecule has 0 aliphatic rings. The molecule has 0 heterocycles. The monoisotopic (exact) mass is 94.0 g/mol. The van der Waals surface area contributed by atoms with E-state index >= 15 is 0 Å². The molecule has 0 aromatic heterocycles. The van der Waals surface area contributed by atoms with E-state index in [4.69, 9.17) is 5.11 Å². The van der Waals surface area contributed by atoms with Crippen LogP contribution in [0.25, 0.3) is 0 Å². The van der Waals surface area contributed by atoms with E-state index < -0.39 is 11.2 Å². The highest BCUT2D eigenvalue weighted by molar-refractivity contribution is 7.90. The predicted octanol–water partition coefficient (Wildman–Crippen LogP) is -0.685. The van der Waals surface area contributed by atoms with Crippen LogP contribution in [0.4, 0.5) is 0 Å². The lowest BCUT2D eigenvalue weighted by atomic mass is 11.7. The van der Waals surface area contributed by atoms with E-state index in [1.807, 2.05) is 0 Å². The van der Waals surface area contributed by atoms with Crippen molar-refractivity contribution in [3.63, 3.8) is 0 Å². The second kappa shape index (κ2) is 2.50. The molecule has 0 bridgehead atoms. The van der Waals surface area contributed by atoms with E-state index in [-0.39, 0.29) is 5.94 Å². The Morgan fingerprint density at radius 1 is 2.00 bits per heavy atom. The summed E-state index contributed by atoms with van der Waals surface area (Å²) in [6, 6.07) is 0. The van der Waals surface area contributed by atoms with Crippen LogP contribution in [0.15, 0.2) is 0 Å². The summed E-state index contributed by atoms with van der Waals surface area (Å²) in [6.45, 7) is 0. The van der Waals surface area contributed by atoms with Gasteiger partial charge in [0.2, 0.25) is 5.94 Å². The van der Waals surface area contributed by atoms with Crippen LogP contribution in [-0.2, 0) is 11.2 Å². The maximum absolute atomic E-state index is 9.67. The van der Waals surface area contributed by atoms with Crippen LogP contribution < -0.4 is 0 Å². The third-order valence-electron chi connectivity index (χ3n) is 0.182. The molecule has 0 fully saturated rings.